The Labute approximate surface area is 130 Å². The fourth-order valence-electron chi connectivity index (χ4n) is 2.23. The average Bonchev–Trinajstić information content (AvgIpc) is 2.40. The van der Waals surface area contributed by atoms with Gasteiger partial charge in [-0.15, -0.1) is 0 Å². The number of carboxylic acid groups (broad SMARTS) is 1. The first-order valence-corrected chi connectivity index (χ1v) is 7.54. The van der Waals surface area contributed by atoms with Crippen LogP contribution in [0.5, 0.6) is 0 Å². The van der Waals surface area contributed by atoms with Gasteiger partial charge in [-0.05, 0) is 36.5 Å². The number of hydrogen-bond donors (Lipinski definition) is 2. The van der Waals surface area contributed by atoms with E-state index in [1.54, 1.807) is 12.1 Å². The molecule has 2 N–H and O–H groups in total. The first-order chi connectivity index (χ1) is 9.91. The van der Waals surface area contributed by atoms with Crippen LogP contribution in [0.3, 0.4) is 0 Å². The maximum absolute atomic E-state index is 12.3. The second-order valence-electron chi connectivity index (χ2n) is 5.42. The van der Waals surface area contributed by atoms with Gasteiger partial charge in [0.15, 0.2) is 0 Å². The summed E-state index contributed by atoms with van der Waals surface area (Å²) in [4.78, 5) is 22.7. The highest BCUT2D eigenvalue weighted by Gasteiger charge is 2.23. The van der Waals surface area contributed by atoms with Gasteiger partial charge in [0.2, 0.25) is 5.91 Å². The van der Waals surface area contributed by atoms with Crippen LogP contribution in [-0.2, 0) is 9.59 Å². The first-order valence-electron chi connectivity index (χ1n) is 7.16. The van der Waals surface area contributed by atoms with Gasteiger partial charge < -0.3 is 10.4 Å². The van der Waals surface area contributed by atoms with E-state index < -0.39 is 5.97 Å². The van der Waals surface area contributed by atoms with E-state index in [0.29, 0.717) is 24.4 Å². The minimum absolute atomic E-state index is 0.0253. The molecule has 0 aliphatic carbocycles. The zero-order valence-corrected chi connectivity index (χ0v) is 13.2. The molecular formula is C16H22ClNO3. The number of unbranched alkanes of at least 4 members (excludes halogenated alkanes) is 1. The van der Waals surface area contributed by atoms with Crippen molar-refractivity contribution in [1.29, 1.82) is 0 Å². The van der Waals surface area contributed by atoms with Gasteiger partial charge in [0.25, 0.3) is 0 Å². The molecule has 1 aromatic rings. The van der Waals surface area contributed by atoms with E-state index >= 15 is 0 Å². The second kappa shape index (κ2) is 8.67. The number of amides is 1. The Morgan fingerprint density at radius 2 is 1.81 bits per heavy atom. The molecule has 0 saturated heterocycles. The van der Waals surface area contributed by atoms with Crippen LogP contribution in [-0.4, -0.2) is 23.5 Å². The number of rotatable bonds is 8. The van der Waals surface area contributed by atoms with Crippen molar-refractivity contribution in [2.75, 3.05) is 6.54 Å². The Morgan fingerprint density at radius 3 is 2.33 bits per heavy atom. The summed E-state index contributed by atoms with van der Waals surface area (Å²) in [5, 5.41) is 12.1. The molecule has 1 amide bonds. The number of carboxylic acids is 1. The first kappa shape index (κ1) is 17.5. The van der Waals surface area contributed by atoms with Crippen molar-refractivity contribution < 1.29 is 14.7 Å². The van der Waals surface area contributed by atoms with Crippen LogP contribution < -0.4 is 5.32 Å². The number of halogens is 1. The molecule has 1 unspecified atom stereocenters. The van der Waals surface area contributed by atoms with Gasteiger partial charge >= 0.3 is 5.97 Å². The predicted octanol–water partition coefficient (Wildman–Crippen LogP) is 3.45. The van der Waals surface area contributed by atoms with E-state index in [4.69, 9.17) is 16.7 Å². The molecule has 0 fully saturated rings. The zero-order valence-electron chi connectivity index (χ0n) is 12.4. The van der Waals surface area contributed by atoms with Gasteiger partial charge in [0, 0.05) is 18.0 Å². The third kappa shape index (κ3) is 6.17. The molecule has 0 aromatic heterocycles. The molecule has 1 atom stereocenters. The van der Waals surface area contributed by atoms with E-state index in [0.717, 1.165) is 5.56 Å². The van der Waals surface area contributed by atoms with Crippen LogP contribution in [0.1, 0.15) is 44.6 Å². The Kier molecular flexibility index (Phi) is 7.23. The van der Waals surface area contributed by atoms with Crippen LogP contribution >= 0.6 is 11.6 Å². The Balaban J connectivity index is 2.54. The number of aliphatic carboxylic acids is 1. The van der Waals surface area contributed by atoms with Crippen LogP contribution in [0, 0.1) is 5.92 Å². The fraction of sp³-hybridized carbons (Fsp3) is 0.500. The van der Waals surface area contributed by atoms with Crippen molar-refractivity contribution >= 4 is 23.5 Å². The smallest absolute Gasteiger partial charge is 0.303 e. The molecule has 1 aromatic carbocycles. The van der Waals surface area contributed by atoms with Crippen molar-refractivity contribution in [3.63, 3.8) is 0 Å². The van der Waals surface area contributed by atoms with E-state index in [1.807, 2.05) is 26.0 Å². The van der Waals surface area contributed by atoms with E-state index in [1.165, 1.54) is 0 Å². The van der Waals surface area contributed by atoms with E-state index in [-0.39, 0.29) is 24.2 Å². The maximum atomic E-state index is 12.3. The molecule has 0 bridgehead atoms. The Morgan fingerprint density at radius 1 is 1.19 bits per heavy atom. The lowest BCUT2D eigenvalue weighted by Gasteiger charge is -2.20. The van der Waals surface area contributed by atoms with Crippen LogP contribution in [0.2, 0.25) is 5.02 Å². The topological polar surface area (TPSA) is 66.4 Å². The van der Waals surface area contributed by atoms with Gasteiger partial charge in [-0.2, -0.15) is 0 Å². The summed E-state index contributed by atoms with van der Waals surface area (Å²) in [6.07, 6.45) is 1.38. The highest BCUT2D eigenvalue weighted by atomic mass is 35.5. The molecule has 0 aliphatic rings. The summed E-state index contributed by atoms with van der Waals surface area (Å²) in [5.41, 5.74) is 0.942. The molecular weight excluding hydrogens is 290 g/mol. The Bertz CT molecular complexity index is 471. The van der Waals surface area contributed by atoms with Crippen molar-refractivity contribution in [3.05, 3.63) is 34.9 Å². The molecule has 0 saturated carbocycles. The summed E-state index contributed by atoms with van der Waals surface area (Å²) in [6, 6.07) is 7.31. The molecule has 116 valence electrons. The second-order valence-corrected chi connectivity index (χ2v) is 5.85. The third-order valence-electron chi connectivity index (χ3n) is 3.29. The molecule has 5 heteroatoms. The standard InChI is InChI=1S/C16H22ClNO3/c1-11(2)15(12-6-8-13(17)9-7-12)16(21)18-10-4-3-5-14(19)20/h6-9,11,15H,3-5,10H2,1-2H3,(H,18,21)(H,19,20). The summed E-state index contributed by atoms with van der Waals surface area (Å²) < 4.78 is 0. The molecule has 0 spiro atoms. The monoisotopic (exact) mass is 311 g/mol. The number of nitrogens with one attached hydrogen (secondary N) is 1. The number of hydrogen-bond acceptors (Lipinski definition) is 2. The summed E-state index contributed by atoms with van der Waals surface area (Å²) in [7, 11) is 0. The number of carbonyl (C=O) groups is 2. The molecule has 21 heavy (non-hydrogen) atoms. The molecule has 4 nitrogen and oxygen atoms in total. The molecule has 0 aliphatic heterocycles. The highest BCUT2D eigenvalue weighted by Crippen LogP contribution is 2.25. The van der Waals surface area contributed by atoms with Crippen molar-refractivity contribution in [2.24, 2.45) is 5.92 Å². The Hall–Kier alpha value is -1.55. The molecule has 1 rings (SSSR count). The normalized spacial score (nSPS) is 12.2. The van der Waals surface area contributed by atoms with E-state index in [9.17, 15) is 9.59 Å². The number of carbonyl (C=O) groups excluding carboxylic acids is 1. The largest absolute Gasteiger partial charge is 0.481 e. The summed E-state index contributed by atoms with van der Waals surface area (Å²) in [6.45, 7) is 4.51. The van der Waals surface area contributed by atoms with Crippen LogP contribution in [0.4, 0.5) is 0 Å². The fourth-order valence-corrected chi connectivity index (χ4v) is 2.36. The lowest BCUT2D eigenvalue weighted by atomic mass is 9.87. The van der Waals surface area contributed by atoms with Gasteiger partial charge in [0.05, 0.1) is 5.92 Å². The van der Waals surface area contributed by atoms with E-state index in [2.05, 4.69) is 5.32 Å². The average molecular weight is 312 g/mol. The number of benzene rings is 1. The lowest BCUT2D eigenvalue weighted by molar-refractivity contribution is -0.137. The van der Waals surface area contributed by atoms with Gasteiger partial charge in [-0.1, -0.05) is 37.6 Å². The third-order valence-corrected chi connectivity index (χ3v) is 3.55. The van der Waals surface area contributed by atoms with Gasteiger partial charge in [-0.3, -0.25) is 9.59 Å². The molecule has 0 radical (unpaired) electrons. The van der Waals surface area contributed by atoms with Crippen molar-refractivity contribution in [2.45, 2.75) is 39.0 Å². The zero-order chi connectivity index (χ0) is 15.8. The highest BCUT2D eigenvalue weighted by molar-refractivity contribution is 6.30. The van der Waals surface area contributed by atoms with Gasteiger partial charge in [-0.25, -0.2) is 0 Å². The summed E-state index contributed by atoms with van der Waals surface area (Å²) >= 11 is 5.87. The minimum Gasteiger partial charge on any atom is -0.481 e. The minimum atomic E-state index is -0.803. The quantitative estimate of drug-likeness (QED) is 0.723. The van der Waals surface area contributed by atoms with Crippen molar-refractivity contribution in [3.8, 4) is 0 Å². The van der Waals surface area contributed by atoms with Crippen LogP contribution in [0.25, 0.3) is 0 Å². The SMILES string of the molecule is CC(C)C(C(=O)NCCCCC(=O)O)c1ccc(Cl)cc1. The lowest BCUT2D eigenvalue weighted by Crippen LogP contribution is -2.32. The molecule has 0 heterocycles. The summed E-state index contributed by atoms with van der Waals surface area (Å²) in [5.74, 6) is -0.878. The van der Waals surface area contributed by atoms with Crippen LogP contribution in [0.15, 0.2) is 24.3 Å². The predicted molar refractivity (Wildman–Crippen MR) is 83.5 cm³/mol. The maximum Gasteiger partial charge on any atom is 0.303 e. The van der Waals surface area contributed by atoms with Crippen molar-refractivity contribution in [1.82, 2.24) is 5.32 Å². The van der Waals surface area contributed by atoms with Gasteiger partial charge in [0.1, 0.15) is 0 Å².